The molecular weight excluding hydrogens is 297 g/mol. The van der Waals surface area contributed by atoms with E-state index in [2.05, 4.69) is 0 Å². The molecule has 0 aliphatic heterocycles. The summed E-state index contributed by atoms with van der Waals surface area (Å²) >= 11 is 11.9. The fourth-order valence-corrected chi connectivity index (χ4v) is 2.07. The van der Waals surface area contributed by atoms with Crippen molar-refractivity contribution in [2.75, 3.05) is 12.3 Å². The summed E-state index contributed by atoms with van der Waals surface area (Å²) in [5.41, 5.74) is 6.48. The molecule has 3 nitrogen and oxygen atoms in total. The lowest BCUT2D eigenvalue weighted by Gasteiger charge is -2.13. The number of benzene rings is 2. The van der Waals surface area contributed by atoms with Crippen LogP contribution in [-0.4, -0.2) is 6.61 Å². The minimum atomic E-state index is 0.428. The fraction of sp³-hybridized carbons (Fsp3) is 0.200. The zero-order valence-corrected chi connectivity index (χ0v) is 12.5. The van der Waals surface area contributed by atoms with Gasteiger partial charge in [0.25, 0.3) is 0 Å². The summed E-state index contributed by atoms with van der Waals surface area (Å²) in [6, 6.07) is 10.4. The number of ether oxygens (including phenoxy) is 2. The molecule has 0 radical (unpaired) electrons. The Morgan fingerprint density at radius 2 is 1.80 bits per heavy atom. The molecule has 0 spiro atoms. The van der Waals surface area contributed by atoms with E-state index in [1.165, 1.54) is 0 Å². The second-order valence-corrected chi connectivity index (χ2v) is 5.04. The van der Waals surface area contributed by atoms with E-state index in [-0.39, 0.29) is 0 Å². The molecule has 0 amide bonds. The molecule has 0 aliphatic carbocycles. The van der Waals surface area contributed by atoms with Gasteiger partial charge in [-0.15, -0.1) is 0 Å². The van der Waals surface area contributed by atoms with Crippen molar-refractivity contribution < 1.29 is 9.47 Å². The Labute approximate surface area is 128 Å². The van der Waals surface area contributed by atoms with Crippen molar-refractivity contribution in [2.45, 2.75) is 13.3 Å². The van der Waals surface area contributed by atoms with E-state index in [0.717, 1.165) is 6.42 Å². The Bertz CT molecular complexity index is 602. The molecule has 2 aromatic rings. The molecule has 0 aliphatic rings. The first-order chi connectivity index (χ1) is 9.61. The molecule has 0 fully saturated rings. The van der Waals surface area contributed by atoms with Gasteiger partial charge < -0.3 is 15.2 Å². The second kappa shape index (κ2) is 6.73. The van der Waals surface area contributed by atoms with Gasteiger partial charge in [-0.05, 0) is 36.8 Å². The zero-order valence-electron chi connectivity index (χ0n) is 11.0. The topological polar surface area (TPSA) is 44.5 Å². The van der Waals surface area contributed by atoms with Crippen LogP contribution < -0.4 is 15.2 Å². The van der Waals surface area contributed by atoms with Crippen LogP contribution in [0.2, 0.25) is 10.0 Å². The average Bonchev–Trinajstić information content (AvgIpc) is 2.42. The first-order valence-corrected chi connectivity index (χ1v) is 7.01. The molecule has 0 bridgehead atoms. The van der Waals surface area contributed by atoms with Crippen molar-refractivity contribution in [1.29, 1.82) is 0 Å². The van der Waals surface area contributed by atoms with E-state index >= 15 is 0 Å². The third kappa shape index (κ3) is 3.50. The van der Waals surface area contributed by atoms with E-state index in [4.69, 9.17) is 38.4 Å². The number of halogens is 2. The number of nitrogen functional groups attached to an aromatic ring is 1. The van der Waals surface area contributed by atoms with Crippen molar-refractivity contribution in [3.05, 3.63) is 46.4 Å². The summed E-state index contributed by atoms with van der Waals surface area (Å²) in [6.45, 7) is 2.64. The van der Waals surface area contributed by atoms with Gasteiger partial charge in [0.05, 0.1) is 11.6 Å². The van der Waals surface area contributed by atoms with Crippen LogP contribution >= 0.6 is 23.2 Å². The maximum atomic E-state index is 6.07. The molecule has 5 heteroatoms. The summed E-state index contributed by atoms with van der Waals surface area (Å²) in [4.78, 5) is 0. The van der Waals surface area contributed by atoms with E-state index in [9.17, 15) is 0 Å². The molecule has 106 valence electrons. The molecule has 0 heterocycles. The van der Waals surface area contributed by atoms with Crippen molar-refractivity contribution in [3.8, 4) is 17.2 Å². The molecule has 0 aromatic heterocycles. The number of hydrogen-bond acceptors (Lipinski definition) is 3. The molecule has 0 atom stereocenters. The molecule has 20 heavy (non-hydrogen) atoms. The Kier molecular flexibility index (Phi) is 4.99. The Morgan fingerprint density at radius 1 is 1.05 bits per heavy atom. The lowest BCUT2D eigenvalue weighted by Crippen LogP contribution is -2.00. The Balaban J connectivity index is 2.24. The standard InChI is InChI=1S/C15H15Cl2NO2/c1-2-8-19-13-4-3-5-14(15(13)18)20-12-7-6-10(16)9-11(12)17/h3-7,9H,2,8,18H2,1H3. The highest BCUT2D eigenvalue weighted by Gasteiger charge is 2.10. The van der Waals surface area contributed by atoms with E-state index < -0.39 is 0 Å². The van der Waals surface area contributed by atoms with E-state index in [1.54, 1.807) is 30.3 Å². The molecule has 0 saturated heterocycles. The van der Waals surface area contributed by atoms with Crippen LogP contribution in [0.5, 0.6) is 17.2 Å². The van der Waals surface area contributed by atoms with E-state index in [1.807, 2.05) is 13.0 Å². The largest absolute Gasteiger partial charge is 0.491 e. The van der Waals surface area contributed by atoms with Crippen LogP contribution in [-0.2, 0) is 0 Å². The predicted octanol–water partition coefficient (Wildman–Crippen LogP) is 5.16. The Morgan fingerprint density at radius 3 is 2.50 bits per heavy atom. The van der Waals surface area contributed by atoms with Gasteiger partial charge in [0, 0.05) is 5.02 Å². The third-order valence-electron chi connectivity index (χ3n) is 2.60. The number of rotatable bonds is 5. The minimum Gasteiger partial charge on any atom is -0.491 e. The van der Waals surface area contributed by atoms with Crippen molar-refractivity contribution >= 4 is 28.9 Å². The van der Waals surface area contributed by atoms with Gasteiger partial charge in [-0.2, -0.15) is 0 Å². The minimum absolute atomic E-state index is 0.428. The number of anilines is 1. The smallest absolute Gasteiger partial charge is 0.154 e. The summed E-state index contributed by atoms with van der Waals surface area (Å²) in [6.07, 6.45) is 0.910. The first kappa shape index (κ1) is 14.8. The average molecular weight is 312 g/mol. The molecule has 2 N–H and O–H groups in total. The predicted molar refractivity (Wildman–Crippen MR) is 83.2 cm³/mol. The van der Waals surface area contributed by atoms with Gasteiger partial charge in [0.2, 0.25) is 0 Å². The van der Waals surface area contributed by atoms with E-state index in [0.29, 0.717) is 39.6 Å². The summed E-state index contributed by atoms with van der Waals surface area (Å²) in [7, 11) is 0. The monoisotopic (exact) mass is 311 g/mol. The van der Waals surface area contributed by atoms with Gasteiger partial charge in [-0.25, -0.2) is 0 Å². The molecular formula is C15H15Cl2NO2. The molecule has 2 aromatic carbocycles. The molecule has 0 saturated carbocycles. The lowest BCUT2D eigenvalue weighted by molar-refractivity contribution is 0.318. The van der Waals surface area contributed by atoms with Crippen molar-refractivity contribution in [1.82, 2.24) is 0 Å². The lowest BCUT2D eigenvalue weighted by atomic mass is 10.2. The number of nitrogens with two attached hydrogens (primary N) is 1. The summed E-state index contributed by atoms with van der Waals surface area (Å²) in [5.74, 6) is 1.60. The highest BCUT2D eigenvalue weighted by Crippen LogP contribution is 2.37. The highest BCUT2D eigenvalue weighted by molar-refractivity contribution is 6.35. The van der Waals surface area contributed by atoms with Crippen molar-refractivity contribution in [3.63, 3.8) is 0 Å². The van der Waals surface area contributed by atoms with Crippen LogP contribution in [0.15, 0.2) is 36.4 Å². The SMILES string of the molecule is CCCOc1cccc(Oc2ccc(Cl)cc2Cl)c1N. The van der Waals surface area contributed by atoms with Gasteiger partial charge in [-0.3, -0.25) is 0 Å². The quantitative estimate of drug-likeness (QED) is 0.776. The van der Waals surface area contributed by atoms with Crippen LogP contribution in [0, 0.1) is 0 Å². The highest BCUT2D eigenvalue weighted by atomic mass is 35.5. The van der Waals surface area contributed by atoms with Gasteiger partial charge >= 0.3 is 0 Å². The number of para-hydroxylation sites is 1. The second-order valence-electron chi connectivity index (χ2n) is 4.19. The summed E-state index contributed by atoms with van der Waals surface area (Å²) < 4.78 is 11.3. The first-order valence-electron chi connectivity index (χ1n) is 6.26. The molecule has 0 unspecified atom stereocenters. The fourth-order valence-electron chi connectivity index (χ4n) is 1.63. The maximum Gasteiger partial charge on any atom is 0.154 e. The van der Waals surface area contributed by atoms with Gasteiger partial charge in [0.15, 0.2) is 5.75 Å². The van der Waals surface area contributed by atoms with Gasteiger partial charge in [-0.1, -0.05) is 36.2 Å². The Hall–Kier alpha value is -1.58. The summed E-state index contributed by atoms with van der Waals surface area (Å²) in [5, 5.41) is 0.979. The van der Waals surface area contributed by atoms with Crippen molar-refractivity contribution in [2.24, 2.45) is 0 Å². The maximum absolute atomic E-state index is 6.07. The third-order valence-corrected chi connectivity index (χ3v) is 3.13. The normalized spacial score (nSPS) is 10.3. The number of hydrogen-bond donors (Lipinski definition) is 1. The molecule has 2 rings (SSSR count). The van der Waals surface area contributed by atoms with Gasteiger partial charge in [0.1, 0.15) is 17.2 Å². The zero-order chi connectivity index (χ0) is 14.5. The van der Waals surface area contributed by atoms with Crippen LogP contribution in [0.3, 0.4) is 0 Å². The van der Waals surface area contributed by atoms with Crippen LogP contribution in [0.4, 0.5) is 5.69 Å². The van der Waals surface area contributed by atoms with Crippen LogP contribution in [0.25, 0.3) is 0 Å². The van der Waals surface area contributed by atoms with Crippen LogP contribution in [0.1, 0.15) is 13.3 Å².